The molecule has 1 aromatic rings. The van der Waals surface area contributed by atoms with E-state index >= 15 is 0 Å². The normalized spacial score (nSPS) is 12.2. The van der Waals surface area contributed by atoms with Crippen molar-refractivity contribution in [2.24, 2.45) is 0 Å². The van der Waals surface area contributed by atoms with E-state index in [9.17, 15) is 22.0 Å². The van der Waals surface area contributed by atoms with E-state index in [0.717, 1.165) is 18.2 Å². The van der Waals surface area contributed by atoms with Crippen LogP contribution < -0.4 is 0 Å². The third-order valence-corrected chi connectivity index (χ3v) is 1.74. The fraction of sp³-hybridized carbons (Fsp3) is 0.333. The molecule has 0 radical (unpaired) electrons. The predicted octanol–water partition coefficient (Wildman–Crippen LogP) is 3.88. The third kappa shape index (κ3) is 2.02. The lowest BCUT2D eigenvalue weighted by atomic mass is 10.0. The summed E-state index contributed by atoms with van der Waals surface area (Å²) in [6.07, 6.45) is -3.24. The SMILES string of the molecule is CC(F)(F)c1cccc(F)c1C(F)F. The molecule has 0 aliphatic rings. The minimum absolute atomic E-state index is 0.452. The maximum atomic E-state index is 12.8. The largest absolute Gasteiger partial charge is 0.271 e. The number of rotatable bonds is 2. The summed E-state index contributed by atoms with van der Waals surface area (Å²) in [6.45, 7) is 0.452. The Balaban J connectivity index is 3.36. The van der Waals surface area contributed by atoms with Crippen LogP contribution >= 0.6 is 0 Å². The minimum atomic E-state index is -3.46. The molecule has 78 valence electrons. The van der Waals surface area contributed by atoms with Crippen molar-refractivity contribution in [1.82, 2.24) is 0 Å². The van der Waals surface area contributed by atoms with E-state index in [2.05, 4.69) is 0 Å². The molecule has 0 bridgehead atoms. The van der Waals surface area contributed by atoms with Crippen LogP contribution in [-0.2, 0) is 5.92 Å². The Morgan fingerprint density at radius 1 is 1.21 bits per heavy atom. The van der Waals surface area contributed by atoms with Crippen molar-refractivity contribution in [2.45, 2.75) is 19.3 Å². The van der Waals surface area contributed by atoms with Gasteiger partial charge < -0.3 is 0 Å². The van der Waals surface area contributed by atoms with Crippen molar-refractivity contribution < 1.29 is 22.0 Å². The Kier molecular flexibility index (Phi) is 2.78. The van der Waals surface area contributed by atoms with Crippen LogP contribution in [0.3, 0.4) is 0 Å². The van der Waals surface area contributed by atoms with Gasteiger partial charge in [-0.05, 0) is 6.07 Å². The molecule has 14 heavy (non-hydrogen) atoms. The summed E-state index contributed by atoms with van der Waals surface area (Å²) < 4.78 is 62.8. The number of alkyl halides is 4. The van der Waals surface area contributed by atoms with E-state index in [1.807, 2.05) is 0 Å². The van der Waals surface area contributed by atoms with Crippen LogP contribution in [0.4, 0.5) is 22.0 Å². The highest BCUT2D eigenvalue weighted by atomic mass is 19.3. The van der Waals surface area contributed by atoms with Crippen LogP contribution in [0.2, 0.25) is 0 Å². The monoisotopic (exact) mass is 210 g/mol. The molecule has 0 aromatic heterocycles. The van der Waals surface area contributed by atoms with Gasteiger partial charge in [-0.1, -0.05) is 12.1 Å². The predicted molar refractivity (Wildman–Crippen MR) is 40.9 cm³/mol. The quantitative estimate of drug-likeness (QED) is 0.650. The summed E-state index contributed by atoms with van der Waals surface area (Å²) in [5, 5.41) is 0. The zero-order valence-electron chi connectivity index (χ0n) is 7.20. The van der Waals surface area contributed by atoms with E-state index in [0.29, 0.717) is 6.92 Å². The van der Waals surface area contributed by atoms with Crippen molar-refractivity contribution in [2.75, 3.05) is 0 Å². The Hall–Kier alpha value is -1.13. The second-order valence-electron chi connectivity index (χ2n) is 2.89. The number of hydrogen-bond donors (Lipinski definition) is 0. The molecule has 0 amide bonds. The smallest absolute Gasteiger partial charge is 0.206 e. The number of halogens is 5. The second kappa shape index (κ2) is 3.55. The highest BCUT2D eigenvalue weighted by Gasteiger charge is 2.32. The van der Waals surface area contributed by atoms with Gasteiger partial charge >= 0.3 is 0 Å². The summed E-state index contributed by atoms with van der Waals surface area (Å²) in [6, 6.07) is 2.51. The lowest BCUT2D eigenvalue weighted by molar-refractivity contribution is 0.0116. The van der Waals surface area contributed by atoms with Crippen molar-refractivity contribution in [1.29, 1.82) is 0 Å². The summed E-state index contributed by atoms with van der Waals surface area (Å²) >= 11 is 0. The van der Waals surface area contributed by atoms with Crippen LogP contribution in [0.5, 0.6) is 0 Å². The van der Waals surface area contributed by atoms with Gasteiger partial charge in [0.15, 0.2) is 0 Å². The molecule has 0 saturated carbocycles. The highest BCUT2D eigenvalue weighted by molar-refractivity contribution is 5.32. The Labute approximate surface area is 77.4 Å². The molecule has 5 heteroatoms. The average molecular weight is 210 g/mol. The average Bonchev–Trinajstić information content (AvgIpc) is 2.01. The van der Waals surface area contributed by atoms with Crippen molar-refractivity contribution in [3.63, 3.8) is 0 Å². The molecule has 0 spiro atoms. The molecule has 0 N–H and O–H groups in total. The first-order valence-electron chi connectivity index (χ1n) is 3.79. The molecule has 1 rings (SSSR count). The first-order chi connectivity index (χ1) is 6.34. The van der Waals surface area contributed by atoms with Crippen molar-refractivity contribution >= 4 is 0 Å². The first kappa shape index (κ1) is 10.9. The Morgan fingerprint density at radius 3 is 2.14 bits per heavy atom. The van der Waals surface area contributed by atoms with Crippen LogP contribution in [0.1, 0.15) is 24.5 Å². The molecule has 0 unspecified atom stereocenters. The second-order valence-corrected chi connectivity index (χ2v) is 2.89. The van der Waals surface area contributed by atoms with E-state index in [4.69, 9.17) is 0 Å². The zero-order chi connectivity index (χ0) is 10.9. The topological polar surface area (TPSA) is 0 Å². The number of benzene rings is 1. The molecule has 0 heterocycles. The van der Waals surface area contributed by atoms with Gasteiger partial charge in [-0.25, -0.2) is 22.0 Å². The molecule has 0 fully saturated rings. The summed E-state index contributed by atoms with van der Waals surface area (Å²) in [5.74, 6) is -4.77. The maximum Gasteiger partial charge on any atom is 0.271 e. The molecule has 0 aliphatic heterocycles. The lowest BCUT2D eigenvalue weighted by Gasteiger charge is -2.15. The summed E-state index contributed by atoms with van der Waals surface area (Å²) in [4.78, 5) is 0. The van der Waals surface area contributed by atoms with Crippen LogP contribution in [0.15, 0.2) is 18.2 Å². The molecule has 0 saturated heterocycles. The fourth-order valence-electron chi connectivity index (χ4n) is 1.14. The molecule has 1 aromatic carbocycles. The van der Waals surface area contributed by atoms with E-state index in [1.54, 1.807) is 0 Å². The Morgan fingerprint density at radius 2 is 1.79 bits per heavy atom. The highest BCUT2D eigenvalue weighted by Crippen LogP contribution is 2.35. The molecule has 0 atom stereocenters. The fourth-order valence-corrected chi connectivity index (χ4v) is 1.14. The molecular weight excluding hydrogens is 203 g/mol. The molecular formula is C9H7F5. The van der Waals surface area contributed by atoms with E-state index in [1.165, 1.54) is 0 Å². The van der Waals surface area contributed by atoms with Crippen molar-refractivity contribution in [3.8, 4) is 0 Å². The Bertz CT molecular complexity index is 326. The van der Waals surface area contributed by atoms with Crippen LogP contribution in [0, 0.1) is 5.82 Å². The standard InChI is InChI=1S/C9H7F5/c1-9(13,14)5-3-2-4-6(10)7(5)8(11)12/h2-4,8H,1H3. The summed E-state index contributed by atoms with van der Waals surface area (Å²) in [7, 11) is 0. The van der Waals surface area contributed by atoms with Crippen LogP contribution in [0.25, 0.3) is 0 Å². The number of hydrogen-bond acceptors (Lipinski definition) is 0. The van der Waals surface area contributed by atoms with Gasteiger partial charge in [-0.2, -0.15) is 0 Å². The van der Waals surface area contributed by atoms with E-state index < -0.39 is 29.3 Å². The van der Waals surface area contributed by atoms with Gasteiger partial charge in [-0.3, -0.25) is 0 Å². The van der Waals surface area contributed by atoms with Gasteiger partial charge in [0.05, 0.1) is 5.56 Å². The molecule has 0 nitrogen and oxygen atoms in total. The van der Waals surface area contributed by atoms with Gasteiger partial charge in [0.1, 0.15) is 5.82 Å². The minimum Gasteiger partial charge on any atom is -0.206 e. The first-order valence-corrected chi connectivity index (χ1v) is 3.79. The summed E-state index contributed by atoms with van der Waals surface area (Å²) in [5.41, 5.74) is -2.19. The zero-order valence-corrected chi connectivity index (χ0v) is 7.20. The lowest BCUT2D eigenvalue weighted by Crippen LogP contribution is -2.12. The van der Waals surface area contributed by atoms with Crippen LogP contribution in [-0.4, -0.2) is 0 Å². The van der Waals surface area contributed by atoms with Crippen molar-refractivity contribution in [3.05, 3.63) is 35.1 Å². The maximum absolute atomic E-state index is 12.8. The van der Waals surface area contributed by atoms with Gasteiger partial charge in [0.2, 0.25) is 0 Å². The van der Waals surface area contributed by atoms with Gasteiger partial charge in [0.25, 0.3) is 12.3 Å². The molecule has 0 aliphatic carbocycles. The van der Waals surface area contributed by atoms with E-state index in [-0.39, 0.29) is 0 Å². The van der Waals surface area contributed by atoms with Gasteiger partial charge in [-0.15, -0.1) is 0 Å². The van der Waals surface area contributed by atoms with Gasteiger partial charge in [0, 0.05) is 12.5 Å². The third-order valence-electron chi connectivity index (χ3n) is 1.74.